The van der Waals surface area contributed by atoms with Gasteiger partial charge in [-0.25, -0.2) is 13.6 Å². The van der Waals surface area contributed by atoms with Crippen LogP contribution in [0.4, 0.5) is 19.3 Å². The molecule has 0 bridgehead atoms. The number of aliphatic hydroxyl groups is 1. The average molecular weight is 429 g/mol. The highest BCUT2D eigenvalue weighted by Gasteiger charge is 2.24. The van der Waals surface area contributed by atoms with Crippen LogP contribution >= 0.6 is 0 Å². The molecule has 0 saturated heterocycles. The van der Waals surface area contributed by atoms with Gasteiger partial charge in [0.2, 0.25) is 0 Å². The number of hydrogen-bond acceptors (Lipinski definition) is 3. The van der Waals surface area contributed by atoms with Crippen molar-refractivity contribution in [3.8, 4) is 0 Å². The van der Waals surface area contributed by atoms with Crippen LogP contribution in [0.1, 0.15) is 29.2 Å². The fourth-order valence-electron chi connectivity index (χ4n) is 3.50. The van der Waals surface area contributed by atoms with Gasteiger partial charge in [0.15, 0.2) is 0 Å². The summed E-state index contributed by atoms with van der Waals surface area (Å²) in [7, 11) is 0. The number of amides is 2. The lowest BCUT2D eigenvalue weighted by molar-refractivity contribution is 0.0175. The molecule has 0 unspecified atom stereocenters. The zero-order valence-corrected chi connectivity index (χ0v) is 17.6. The van der Waals surface area contributed by atoms with Crippen LogP contribution < -0.4 is 10.9 Å². The number of fused-ring (bicyclic) bond motifs is 1. The molecule has 3 N–H and O–H groups in total. The minimum absolute atomic E-state index is 0.0280. The Kier molecular flexibility index (Phi) is 6.40. The summed E-state index contributed by atoms with van der Waals surface area (Å²) in [4.78, 5) is 29.5. The number of anilines is 1. The van der Waals surface area contributed by atoms with Gasteiger partial charge in [-0.05, 0) is 49.1 Å². The Morgan fingerprint density at radius 3 is 2.61 bits per heavy atom. The Morgan fingerprint density at radius 1 is 1.19 bits per heavy atom. The summed E-state index contributed by atoms with van der Waals surface area (Å²) in [6, 6.07) is 10.4. The lowest BCUT2D eigenvalue weighted by atomic mass is 10.1. The third-order valence-electron chi connectivity index (χ3n) is 5.01. The summed E-state index contributed by atoms with van der Waals surface area (Å²) in [5.74, 6) is -3.04. The highest BCUT2D eigenvalue weighted by atomic mass is 19.3. The molecule has 0 aliphatic rings. The van der Waals surface area contributed by atoms with E-state index >= 15 is 0 Å². The van der Waals surface area contributed by atoms with Crippen LogP contribution in [0.15, 0.2) is 47.3 Å². The number of alkyl halides is 2. The Morgan fingerprint density at radius 2 is 1.94 bits per heavy atom. The van der Waals surface area contributed by atoms with Crippen molar-refractivity contribution in [3.05, 3.63) is 75.1 Å². The van der Waals surface area contributed by atoms with Crippen molar-refractivity contribution in [1.29, 1.82) is 0 Å². The first-order valence-corrected chi connectivity index (χ1v) is 9.87. The van der Waals surface area contributed by atoms with Gasteiger partial charge in [0.1, 0.15) is 0 Å². The van der Waals surface area contributed by atoms with Crippen LogP contribution in [-0.4, -0.2) is 34.2 Å². The van der Waals surface area contributed by atoms with Crippen LogP contribution in [0.25, 0.3) is 10.9 Å². The topological polar surface area (TPSA) is 85.4 Å². The number of hydrogen-bond donors (Lipinski definition) is 3. The van der Waals surface area contributed by atoms with E-state index in [1.54, 1.807) is 6.07 Å². The number of nitrogens with one attached hydrogen (secondary N) is 2. The fourth-order valence-corrected chi connectivity index (χ4v) is 3.50. The Hall–Kier alpha value is -3.26. The fraction of sp³-hybridized carbons (Fsp3) is 0.304. The number of aromatic nitrogens is 1. The molecule has 3 rings (SSSR count). The van der Waals surface area contributed by atoms with E-state index < -0.39 is 12.0 Å². The minimum Gasteiger partial charge on any atom is -0.395 e. The summed E-state index contributed by atoms with van der Waals surface area (Å²) < 4.78 is 27.1. The molecule has 0 saturated carbocycles. The van der Waals surface area contributed by atoms with Crippen molar-refractivity contribution >= 4 is 22.6 Å². The van der Waals surface area contributed by atoms with Gasteiger partial charge in [0.25, 0.3) is 11.5 Å². The summed E-state index contributed by atoms with van der Waals surface area (Å²) >= 11 is 0. The van der Waals surface area contributed by atoms with Crippen molar-refractivity contribution in [2.75, 3.05) is 18.5 Å². The van der Waals surface area contributed by atoms with Crippen molar-refractivity contribution in [2.45, 2.75) is 33.2 Å². The molecule has 31 heavy (non-hydrogen) atoms. The second-order valence-corrected chi connectivity index (χ2v) is 7.71. The number of H-pyrrole nitrogens is 1. The molecule has 0 radical (unpaired) electrons. The van der Waals surface area contributed by atoms with E-state index in [9.17, 15) is 23.5 Å². The minimum atomic E-state index is -3.04. The average Bonchev–Trinajstić information content (AvgIpc) is 2.68. The smallest absolute Gasteiger partial charge is 0.322 e. The van der Waals surface area contributed by atoms with Crippen LogP contribution in [-0.2, 0) is 12.5 Å². The van der Waals surface area contributed by atoms with Gasteiger partial charge in [-0.1, -0.05) is 23.8 Å². The van der Waals surface area contributed by atoms with Gasteiger partial charge in [0.05, 0.1) is 18.7 Å². The zero-order valence-electron chi connectivity index (χ0n) is 17.6. The third kappa shape index (κ3) is 5.27. The summed E-state index contributed by atoms with van der Waals surface area (Å²) in [6.45, 7) is 4.25. The number of benzene rings is 2. The first-order chi connectivity index (χ1) is 14.6. The summed E-state index contributed by atoms with van der Waals surface area (Å²) in [5.41, 5.74) is 2.71. The Bertz CT molecular complexity index is 1170. The van der Waals surface area contributed by atoms with Crippen LogP contribution in [0, 0.1) is 13.8 Å². The standard InChI is InChI=1S/C23H25F2N3O3/c1-14-9-15(2)20-16(10-14)11-17(21(30)27-20)13-28(7-8-29)22(31)26-19-6-4-5-18(12-19)23(3,24)25/h4-6,9-12,29H,7-8,13H2,1-3H3,(H,26,31)(H,27,30). The molecular weight excluding hydrogens is 404 g/mol. The van der Waals surface area contributed by atoms with E-state index in [1.165, 1.54) is 29.2 Å². The molecule has 8 heteroatoms. The molecule has 3 aromatic rings. The molecule has 0 spiro atoms. The molecule has 2 aromatic carbocycles. The monoisotopic (exact) mass is 429 g/mol. The summed E-state index contributed by atoms with van der Waals surface area (Å²) in [6.07, 6.45) is 0. The lowest BCUT2D eigenvalue weighted by Gasteiger charge is -2.22. The molecule has 0 fully saturated rings. The molecule has 0 aliphatic heterocycles. The van der Waals surface area contributed by atoms with Gasteiger partial charge in [-0.15, -0.1) is 0 Å². The Labute approximate surface area is 178 Å². The van der Waals surface area contributed by atoms with Crippen molar-refractivity contribution < 1.29 is 18.7 Å². The van der Waals surface area contributed by atoms with Crippen LogP contribution in [0.2, 0.25) is 0 Å². The highest BCUT2D eigenvalue weighted by molar-refractivity contribution is 5.89. The van der Waals surface area contributed by atoms with E-state index in [2.05, 4.69) is 10.3 Å². The number of pyridine rings is 1. The van der Waals surface area contributed by atoms with E-state index in [0.29, 0.717) is 5.56 Å². The predicted octanol–water partition coefficient (Wildman–Crippen LogP) is 4.28. The molecular formula is C23H25F2N3O3. The van der Waals surface area contributed by atoms with Crippen molar-refractivity contribution in [3.63, 3.8) is 0 Å². The number of carbonyl (C=O) groups is 1. The number of urea groups is 1. The zero-order chi connectivity index (χ0) is 22.8. The summed E-state index contributed by atoms with van der Waals surface area (Å²) in [5, 5.41) is 12.8. The van der Waals surface area contributed by atoms with Gasteiger partial charge < -0.3 is 20.3 Å². The number of carbonyl (C=O) groups excluding carboxylic acids is 1. The SMILES string of the molecule is Cc1cc(C)c2[nH]c(=O)c(CN(CCO)C(=O)Nc3cccc(C(C)(F)F)c3)cc2c1. The third-order valence-corrected chi connectivity index (χ3v) is 5.01. The molecule has 6 nitrogen and oxygen atoms in total. The maximum Gasteiger partial charge on any atom is 0.322 e. The van der Waals surface area contributed by atoms with E-state index in [-0.39, 0.29) is 36.5 Å². The van der Waals surface area contributed by atoms with E-state index in [4.69, 9.17) is 0 Å². The maximum atomic E-state index is 13.6. The molecule has 2 amide bonds. The molecule has 0 aliphatic carbocycles. The number of halogens is 2. The number of aryl methyl sites for hydroxylation is 2. The lowest BCUT2D eigenvalue weighted by Crippen LogP contribution is -2.38. The number of rotatable bonds is 6. The van der Waals surface area contributed by atoms with Crippen LogP contribution in [0.3, 0.4) is 0 Å². The molecule has 0 atom stereocenters. The second-order valence-electron chi connectivity index (χ2n) is 7.71. The highest BCUT2D eigenvalue weighted by Crippen LogP contribution is 2.28. The van der Waals surface area contributed by atoms with Gasteiger partial charge in [-0.2, -0.15) is 0 Å². The maximum absolute atomic E-state index is 13.6. The van der Waals surface area contributed by atoms with Gasteiger partial charge >= 0.3 is 6.03 Å². The first kappa shape index (κ1) is 22.4. The normalized spacial score (nSPS) is 11.5. The second kappa shape index (κ2) is 8.85. The molecule has 164 valence electrons. The van der Waals surface area contributed by atoms with Gasteiger partial charge in [-0.3, -0.25) is 4.79 Å². The molecule has 1 heterocycles. The van der Waals surface area contributed by atoms with E-state index in [0.717, 1.165) is 29.0 Å². The van der Waals surface area contributed by atoms with E-state index in [1.807, 2.05) is 26.0 Å². The van der Waals surface area contributed by atoms with Gasteiger partial charge in [0, 0.05) is 30.3 Å². The predicted molar refractivity (Wildman–Crippen MR) is 117 cm³/mol. The van der Waals surface area contributed by atoms with Crippen molar-refractivity contribution in [2.24, 2.45) is 0 Å². The number of aliphatic hydroxyl groups excluding tert-OH is 1. The Balaban J connectivity index is 1.87. The largest absolute Gasteiger partial charge is 0.395 e. The quantitative estimate of drug-likeness (QED) is 0.547. The first-order valence-electron chi connectivity index (χ1n) is 9.87. The molecule has 1 aromatic heterocycles. The van der Waals surface area contributed by atoms with Crippen molar-refractivity contribution in [1.82, 2.24) is 9.88 Å². The number of nitrogens with zero attached hydrogens (tertiary/aromatic N) is 1. The number of aromatic amines is 1. The van der Waals surface area contributed by atoms with Crippen LogP contribution in [0.5, 0.6) is 0 Å².